The van der Waals surface area contributed by atoms with Gasteiger partial charge in [-0.3, -0.25) is 0 Å². The van der Waals surface area contributed by atoms with E-state index in [1.807, 2.05) is 0 Å². The van der Waals surface area contributed by atoms with Crippen LogP contribution in [0.5, 0.6) is 0 Å². The lowest BCUT2D eigenvalue weighted by Gasteiger charge is -2.62. The van der Waals surface area contributed by atoms with Crippen LogP contribution < -0.4 is 0 Å². The van der Waals surface area contributed by atoms with Gasteiger partial charge < -0.3 is 15.3 Å². The fourth-order valence-corrected chi connectivity index (χ4v) is 9.33. The second-order valence-electron chi connectivity index (χ2n) is 12.6. The van der Waals surface area contributed by atoms with E-state index in [1.54, 1.807) is 0 Å². The van der Waals surface area contributed by atoms with Crippen molar-refractivity contribution in [1.29, 1.82) is 0 Å². The fourth-order valence-electron chi connectivity index (χ4n) is 9.33. The quantitative estimate of drug-likeness (QED) is 0.538. The Labute approximate surface area is 185 Å². The second kappa shape index (κ2) is 8.67. The van der Waals surface area contributed by atoms with Gasteiger partial charge in [0.2, 0.25) is 0 Å². The molecule has 3 N–H and O–H groups in total. The third kappa shape index (κ3) is 3.79. The summed E-state index contributed by atoms with van der Waals surface area (Å²) >= 11 is 0. The molecule has 0 heterocycles. The maximum atomic E-state index is 11.2. The van der Waals surface area contributed by atoms with Gasteiger partial charge in [0.15, 0.2) is 0 Å². The zero-order valence-electron chi connectivity index (χ0n) is 20.0. The highest BCUT2D eigenvalue weighted by atomic mass is 16.3. The summed E-state index contributed by atoms with van der Waals surface area (Å²) in [6.45, 7) is 10.0. The standard InChI is InChI=1S/C27H48O3/c1-17(16-28)6-5-7-18(2)21-8-9-22-20-15-25(30)24-14-19(29)10-12-27(24,4)23(20)11-13-26(21,22)3/h17-25,28-30H,5-16H2,1-4H3/t17?,18-,19+,20?,21?,22?,23?,24-,25?,26-,27-/m1/s1. The molecule has 0 bridgehead atoms. The lowest BCUT2D eigenvalue weighted by Crippen LogP contribution is -2.58. The van der Waals surface area contributed by atoms with Crippen molar-refractivity contribution in [3.8, 4) is 0 Å². The Morgan fingerprint density at radius 2 is 1.53 bits per heavy atom. The van der Waals surface area contributed by atoms with Gasteiger partial charge in [0.25, 0.3) is 0 Å². The first-order valence-electron chi connectivity index (χ1n) is 13.2. The highest BCUT2D eigenvalue weighted by Gasteiger charge is 2.62. The molecule has 4 rings (SSSR count). The molecule has 30 heavy (non-hydrogen) atoms. The van der Waals surface area contributed by atoms with Crippen LogP contribution in [0.3, 0.4) is 0 Å². The second-order valence-corrected chi connectivity index (χ2v) is 12.6. The van der Waals surface area contributed by atoms with Crippen LogP contribution in [0.25, 0.3) is 0 Å². The lowest BCUT2D eigenvalue weighted by atomic mass is 9.44. The van der Waals surface area contributed by atoms with Gasteiger partial charge in [-0.25, -0.2) is 0 Å². The summed E-state index contributed by atoms with van der Waals surface area (Å²) < 4.78 is 0. The average Bonchev–Trinajstić information content (AvgIpc) is 3.06. The molecule has 0 aromatic carbocycles. The molecule has 0 aliphatic heterocycles. The van der Waals surface area contributed by atoms with E-state index in [4.69, 9.17) is 0 Å². The predicted octanol–water partition coefficient (Wildman–Crippen LogP) is 5.41. The molecule has 0 radical (unpaired) electrons. The molecule has 0 saturated heterocycles. The van der Waals surface area contributed by atoms with E-state index in [-0.39, 0.29) is 17.6 Å². The van der Waals surface area contributed by atoms with Gasteiger partial charge in [-0.1, -0.05) is 40.5 Å². The van der Waals surface area contributed by atoms with Gasteiger partial charge >= 0.3 is 0 Å². The highest BCUT2D eigenvalue weighted by molar-refractivity contribution is 5.11. The minimum atomic E-state index is -0.218. The molecule has 174 valence electrons. The number of fused-ring (bicyclic) bond motifs is 5. The number of hydrogen-bond acceptors (Lipinski definition) is 3. The van der Waals surface area contributed by atoms with Crippen LogP contribution in [0.1, 0.15) is 98.3 Å². The topological polar surface area (TPSA) is 60.7 Å². The van der Waals surface area contributed by atoms with Crippen molar-refractivity contribution in [1.82, 2.24) is 0 Å². The number of hydrogen-bond donors (Lipinski definition) is 3. The Balaban J connectivity index is 1.47. The fraction of sp³-hybridized carbons (Fsp3) is 1.00. The third-order valence-electron chi connectivity index (χ3n) is 11.1. The third-order valence-corrected chi connectivity index (χ3v) is 11.1. The van der Waals surface area contributed by atoms with Crippen molar-refractivity contribution in [3.63, 3.8) is 0 Å². The first-order valence-corrected chi connectivity index (χ1v) is 13.2. The molecule has 11 atom stereocenters. The Bertz CT molecular complexity index is 593. The molecule has 0 amide bonds. The molecule has 4 aliphatic carbocycles. The van der Waals surface area contributed by atoms with Crippen molar-refractivity contribution in [2.75, 3.05) is 6.61 Å². The molecule has 0 aromatic rings. The SMILES string of the molecule is CC(CO)CCC[C@@H](C)C1CCC2C3CC(O)[C@H]4C[C@@H](O)CC[C@]4(C)C3CC[C@@]21C. The number of rotatable bonds is 6. The largest absolute Gasteiger partial charge is 0.396 e. The Morgan fingerprint density at radius 3 is 2.27 bits per heavy atom. The Morgan fingerprint density at radius 1 is 0.833 bits per heavy atom. The molecule has 4 saturated carbocycles. The molecule has 0 aromatic heterocycles. The van der Waals surface area contributed by atoms with E-state index in [1.165, 1.54) is 38.5 Å². The van der Waals surface area contributed by atoms with Crippen molar-refractivity contribution < 1.29 is 15.3 Å². The Kier molecular flexibility index (Phi) is 6.66. The summed E-state index contributed by atoms with van der Waals surface area (Å²) in [5, 5.41) is 30.7. The van der Waals surface area contributed by atoms with Crippen molar-refractivity contribution in [3.05, 3.63) is 0 Å². The maximum absolute atomic E-state index is 11.2. The minimum Gasteiger partial charge on any atom is -0.396 e. The van der Waals surface area contributed by atoms with Gasteiger partial charge in [0.1, 0.15) is 0 Å². The highest BCUT2D eigenvalue weighted by Crippen LogP contribution is 2.68. The smallest absolute Gasteiger partial charge is 0.0577 e. The zero-order chi connectivity index (χ0) is 21.7. The lowest BCUT2D eigenvalue weighted by molar-refractivity contribution is -0.172. The monoisotopic (exact) mass is 420 g/mol. The van der Waals surface area contributed by atoms with Gasteiger partial charge in [-0.2, -0.15) is 0 Å². The van der Waals surface area contributed by atoms with Gasteiger partial charge in [-0.05, 0) is 110 Å². The zero-order valence-corrected chi connectivity index (χ0v) is 20.0. The van der Waals surface area contributed by atoms with Crippen LogP contribution in [0.15, 0.2) is 0 Å². The minimum absolute atomic E-state index is 0.201. The van der Waals surface area contributed by atoms with Crippen LogP contribution in [0.2, 0.25) is 0 Å². The first kappa shape index (κ1) is 23.1. The summed E-state index contributed by atoms with van der Waals surface area (Å²) in [5.41, 5.74) is 0.674. The van der Waals surface area contributed by atoms with E-state index in [9.17, 15) is 15.3 Å². The molecular weight excluding hydrogens is 372 g/mol. The average molecular weight is 421 g/mol. The molecule has 0 spiro atoms. The summed E-state index contributed by atoms with van der Waals surface area (Å²) in [5.74, 6) is 4.53. The summed E-state index contributed by atoms with van der Waals surface area (Å²) in [6, 6.07) is 0. The maximum Gasteiger partial charge on any atom is 0.0577 e. The number of aliphatic hydroxyl groups is 3. The van der Waals surface area contributed by atoms with Crippen LogP contribution in [0, 0.1) is 52.3 Å². The van der Waals surface area contributed by atoms with Crippen molar-refractivity contribution >= 4 is 0 Å². The number of aliphatic hydroxyl groups excluding tert-OH is 3. The first-order chi connectivity index (χ1) is 14.2. The predicted molar refractivity (Wildman–Crippen MR) is 122 cm³/mol. The summed E-state index contributed by atoms with van der Waals surface area (Å²) in [7, 11) is 0. The van der Waals surface area contributed by atoms with Crippen LogP contribution in [-0.4, -0.2) is 34.1 Å². The van der Waals surface area contributed by atoms with E-state index in [0.29, 0.717) is 29.8 Å². The normalized spacial score (nSPS) is 50.3. The van der Waals surface area contributed by atoms with E-state index < -0.39 is 0 Å². The molecule has 4 aliphatic rings. The van der Waals surface area contributed by atoms with Gasteiger partial charge in [0.05, 0.1) is 12.2 Å². The van der Waals surface area contributed by atoms with E-state index in [0.717, 1.165) is 55.8 Å². The van der Waals surface area contributed by atoms with Gasteiger partial charge in [-0.15, -0.1) is 0 Å². The molecule has 3 heteroatoms. The Hall–Kier alpha value is -0.120. The van der Waals surface area contributed by atoms with Crippen molar-refractivity contribution in [2.45, 2.75) is 111 Å². The molecular formula is C27H48O3. The van der Waals surface area contributed by atoms with Crippen molar-refractivity contribution in [2.24, 2.45) is 52.3 Å². The summed E-state index contributed by atoms with van der Waals surface area (Å²) in [6.07, 6.45) is 12.5. The van der Waals surface area contributed by atoms with Crippen LogP contribution >= 0.6 is 0 Å². The summed E-state index contributed by atoms with van der Waals surface area (Å²) in [4.78, 5) is 0. The van der Waals surface area contributed by atoms with E-state index >= 15 is 0 Å². The van der Waals surface area contributed by atoms with Crippen LogP contribution in [0.4, 0.5) is 0 Å². The molecule has 6 unspecified atom stereocenters. The van der Waals surface area contributed by atoms with E-state index in [2.05, 4.69) is 27.7 Å². The molecule has 3 nitrogen and oxygen atoms in total. The molecule has 4 fully saturated rings. The van der Waals surface area contributed by atoms with Gasteiger partial charge in [0, 0.05) is 6.61 Å². The van der Waals surface area contributed by atoms with Crippen LogP contribution in [-0.2, 0) is 0 Å².